The summed E-state index contributed by atoms with van der Waals surface area (Å²) in [5.41, 5.74) is 1.53. The summed E-state index contributed by atoms with van der Waals surface area (Å²) in [4.78, 5) is 10.0. The van der Waals surface area contributed by atoms with Crippen molar-refractivity contribution < 1.29 is 0 Å². The molecule has 0 atom stereocenters. The molecule has 2 aromatic rings. The molecular weight excluding hydrogens is 280 g/mol. The molecule has 0 N–H and O–H groups in total. The van der Waals surface area contributed by atoms with E-state index < -0.39 is 0 Å². The fraction of sp³-hybridized carbons (Fsp3) is 0.0833. The van der Waals surface area contributed by atoms with Crippen molar-refractivity contribution in [3.05, 3.63) is 46.8 Å². The fourth-order valence-electron chi connectivity index (χ4n) is 1.46. The van der Waals surface area contributed by atoms with Gasteiger partial charge in [0.15, 0.2) is 5.82 Å². The maximum absolute atomic E-state index is 8.87. The molecule has 0 fully saturated rings. The van der Waals surface area contributed by atoms with Crippen molar-refractivity contribution in [1.29, 1.82) is 5.26 Å². The van der Waals surface area contributed by atoms with Crippen LogP contribution < -0.4 is 4.90 Å². The molecule has 0 spiro atoms. The van der Waals surface area contributed by atoms with Crippen LogP contribution in [0.3, 0.4) is 0 Å². The third-order valence-corrected chi connectivity index (χ3v) is 2.89. The Morgan fingerprint density at radius 1 is 1.41 bits per heavy atom. The molecule has 0 saturated carbocycles. The number of rotatable bonds is 2. The molecule has 17 heavy (non-hydrogen) atoms. The van der Waals surface area contributed by atoms with E-state index in [1.807, 2.05) is 30.1 Å². The summed E-state index contributed by atoms with van der Waals surface area (Å²) in [6.45, 7) is 0. The van der Waals surface area contributed by atoms with Gasteiger partial charge >= 0.3 is 0 Å². The molecule has 1 heterocycles. The van der Waals surface area contributed by atoms with Gasteiger partial charge in [0.05, 0.1) is 16.1 Å². The summed E-state index contributed by atoms with van der Waals surface area (Å²) in [5, 5.41) is 8.87. The van der Waals surface area contributed by atoms with E-state index in [9.17, 15) is 0 Å². The van der Waals surface area contributed by atoms with Crippen LogP contribution in [0.25, 0.3) is 0 Å². The second-order valence-corrected chi connectivity index (χ2v) is 4.27. The Kier molecular flexibility index (Phi) is 3.35. The predicted octanol–water partition coefficient (Wildman–Crippen LogP) is 2.88. The molecule has 0 radical (unpaired) electrons. The van der Waals surface area contributed by atoms with E-state index in [4.69, 9.17) is 5.26 Å². The summed E-state index contributed by atoms with van der Waals surface area (Å²) in [6.07, 6.45) is 3.18. The van der Waals surface area contributed by atoms with Crippen LogP contribution in [0.1, 0.15) is 5.56 Å². The minimum atomic E-state index is 0.625. The lowest BCUT2D eigenvalue weighted by Gasteiger charge is -2.19. The minimum absolute atomic E-state index is 0.625. The molecule has 1 aromatic carbocycles. The highest BCUT2D eigenvalue weighted by molar-refractivity contribution is 9.10. The van der Waals surface area contributed by atoms with Crippen molar-refractivity contribution >= 4 is 27.4 Å². The highest BCUT2D eigenvalue weighted by atomic mass is 79.9. The first kappa shape index (κ1) is 11.6. The number of hydrogen-bond acceptors (Lipinski definition) is 4. The van der Waals surface area contributed by atoms with E-state index in [-0.39, 0.29) is 0 Å². The SMILES string of the molecule is CN(c1cccc(C#N)c1)c1ncncc1Br. The molecule has 4 nitrogen and oxygen atoms in total. The van der Waals surface area contributed by atoms with Crippen molar-refractivity contribution in [1.82, 2.24) is 9.97 Å². The molecule has 0 amide bonds. The normalized spacial score (nSPS) is 9.71. The van der Waals surface area contributed by atoms with Gasteiger partial charge in [-0.05, 0) is 34.1 Å². The van der Waals surface area contributed by atoms with Gasteiger partial charge < -0.3 is 4.90 Å². The van der Waals surface area contributed by atoms with Gasteiger partial charge in [0.1, 0.15) is 6.33 Å². The first-order chi connectivity index (χ1) is 8.22. The first-order valence-corrected chi connectivity index (χ1v) is 5.71. The summed E-state index contributed by atoms with van der Waals surface area (Å²) in [6, 6.07) is 9.47. The summed E-state index contributed by atoms with van der Waals surface area (Å²) < 4.78 is 0.810. The fourth-order valence-corrected chi connectivity index (χ4v) is 1.95. The topological polar surface area (TPSA) is 52.8 Å². The zero-order valence-corrected chi connectivity index (χ0v) is 10.7. The maximum atomic E-state index is 8.87. The number of halogens is 1. The number of nitrogens with zero attached hydrogens (tertiary/aromatic N) is 4. The summed E-state index contributed by atoms with van der Waals surface area (Å²) >= 11 is 3.40. The molecule has 84 valence electrons. The Morgan fingerprint density at radius 2 is 2.24 bits per heavy atom. The average molecular weight is 289 g/mol. The standard InChI is InChI=1S/C12H9BrN4/c1-17(12-11(13)7-15-8-16-12)10-4-2-3-9(5-10)6-14/h2-5,7-8H,1H3. The minimum Gasteiger partial charge on any atom is -0.328 e. The van der Waals surface area contributed by atoms with Gasteiger partial charge in [0, 0.05) is 18.9 Å². The van der Waals surface area contributed by atoms with Crippen molar-refractivity contribution in [3.63, 3.8) is 0 Å². The number of hydrogen-bond donors (Lipinski definition) is 0. The lowest BCUT2D eigenvalue weighted by atomic mass is 10.2. The van der Waals surface area contributed by atoms with Gasteiger partial charge in [0.25, 0.3) is 0 Å². The van der Waals surface area contributed by atoms with Gasteiger partial charge in [-0.15, -0.1) is 0 Å². The van der Waals surface area contributed by atoms with Gasteiger partial charge in [-0.3, -0.25) is 0 Å². The Balaban J connectivity index is 2.41. The van der Waals surface area contributed by atoms with Gasteiger partial charge in [0.2, 0.25) is 0 Å². The highest BCUT2D eigenvalue weighted by Gasteiger charge is 2.09. The van der Waals surface area contributed by atoms with Crippen LogP contribution in [0, 0.1) is 11.3 Å². The van der Waals surface area contributed by atoms with Crippen molar-refractivity contribution in [2.24, 2.45) is 0 Å². The summed E-state index contributed by atoms with van der Waals surface area (Å²) in [7, 11) is 1.89. The average Bonchev–Trinajstić information content (AvgIpc) is 2.38. The van der Waals surface area contributed by atoms with Crippen molar-refractivity contribution in [3.8, 4) is 6.07 Å². The molecule has 0 aliphatic rings. The zero-order valence-electron chi connectivity index (χ0n) is 9.13. The third kappa shape index (κ3) is 2.43. The molecule has 0 aliphatic heterocycles. The van der Waals surface area contributed by atoms with E-state index >= 15 is 0 Å². The van der Waals surface area contributed by atoms with Gasteiger partial charge in [-0.2, -0.15) is 5.26 Å². The van der Waals surface area contributed by atoms with Crippen LogP contribution in [0.5, 0.6) is 0 Å². The van der Waals surface area contributed by atoms with E-state index in [0.29, 0.717) is 5.56 Å². The van der Waals surface area contributed by atoms with Crippen LogP contribution in [-0.4, -0.2) is 17.0 Å². The molecule has 1 aromatic heterocycles. The van der Waals surface area contributed by atoms with E-state index in [1.54, 1.807) is 12.3 Å². The maximum Gasteiger partial charge on any atom is 0.150 e. The van der Waals surface area contributed by atoms with Crippen LogP contribution in [0.2, 0.25) is 0 Å². The first-order valence-electron chi connectivity index (χ1n) is 4.92. The largest absolute Gasteiger partial charge is 0.328 e. The van der Waals surface area contributed by atoms with Crippen LogP contribution in [0.4, 0.5) is 11.5 Å². The second kappa shape index (κ2) is 4.93. The Labute approximate surface area is 108 Å². The smallest absolute Gasteiger partial charge is 0.150 e. The van der Waals surface area contributed by atoms with Crippen molar-refractivity contribution in [2.45, 2.75) is 0 Å². The van der Waals surface area contributed by atoms with E-state index in [0.717, 1.165) is 16.0 Å². The lowest BCUT2D eigenvalue weighted by Crippen LogP contribution is -2.12. The molecule has 5 heteroatoms. The molecule has 0 unspecified atom stereocenters. The van der Waals surface area contributed by atoms with Crippen LogP contribution in [0.15, 0.2) is 41.3 Å². The number of aromatic nitrogens is 2. The number of anilines is 2. The monoisotopic (exact) mass is 288 g/mol. The van der Waals surface area contributed by atoms with Gasteiger partial charge in [-0.1, -0.05) is 6.07 Å². The second-order valence-electron chi connectivity index (χ2n) is 3.42. The molecule has 0 bridgehead atoms. The number of benzene rings is 1. The highest BCUT2D eigenvalue weighted by Crippen LogP contribution is 2.27. The Bertz CT molecular complexity index is 577. The third-order valence-electron chi connectivity index (χ3n) is 2.33. The molecular formula is C12H9BrN4. The molecule has 0 saturated heterocycles. The number of nitriles is 1. The quantitative estimate of drug-likeness (QED) is 0.853. The predicted molar refractivity (Wildman–Crippen MR) is 69.0 cm³/mol. The molecule has 0 aliphatic carbocycles. The Morgan fingerprint density at radius 3 is 2.94 bits per heavy atom. The Hall–Kier alpha value is -1.93. The molecule has 2 rings (SSSR count). The zero-order chi connectivity index (χ0) is 12.3. The van der Waals surface area contributed by atoms with Crippen LogP contribution in [-0.2, 0) is 0 Å². The van der Waals surface area contributed by atoms with E-state index in [1.165, 1.54) is 6.33 Å². The van der Waals surface area contributed by atoms with Gasteiger partial charge in [-0.25, -0.2) is 9.97 Å². The van der Waals surface area contributed by atoms with Crippen LogP contribution >= 0.6 is 15.9 Å². The van der Waals surface area contributed by atoms with Crippen molar-refractivity contribution in [2.75, 3.05) is 11.9 Å². The lowest BCUT2D eigenvalue weighted by molar-refractivity contribution is 1.07. The summed E-state index contributed by atoms with van der Waals surface area (Å²) in [5.74, 6) is 0.759. The van der Waals surface area contributed by atoms with E-state index in [2.05, 4.69) is 32.0 Å².